The zero-order valence-electron chi connectivity index (χ0n) is 11.9. The lowest BCUT2D eigenvalue weighted by Crippen LogP contribution is -2.42. The standard InChI is InChI=1S/C16H20N2O2/c1-10(2)18-15(19)9-14(16(18)20)17-13-8-12(13)11-6-4-3-5-7-11/h3-7,10,12-14,17H,8-9H2,1-2H3. The molecule has 1 saturated carbocycles. The van der Waals surface area contributed by atoms with Crippen molar-refractivity contribution in [2.24, 2.45) is 0 Å². The number of hydrogen-bond acceptors (Lipinski definition) is 3. The third-order valence-electron chi connectivity index (χ3n) is 4.13. The van der Waals surface area contributed by atoms with Crippen molar-refractivity contribution in [1.82, 2.24) is 10.2 Å². The number of nitrogens with one attached hydrogen (secondary N) is 1. The fourth-order valence-corrected chi connectivity index (χ4v) is 3.03. The molecule has 106 valence electrons. The highest BCUT2D eigenvalue weighted by Crippen LogP contribution is 2.41. The van der Waals surface area contributed by atoms with Crippen LogP contribution in [0.4, 0.5) is 0 Å². The minimum atomic E-state index is -0.330. The molecule has 1 heterocycles. The molecular formula is C16H20N2O2. The summed E-state index contributed by atoms with van der Waals surface area (Å²) in [5.41, 5.74) is 1.31. The zero-order valence-corrected chi connectivity index (χ0v) is 11.9. The Morgan fingerprint density at radius 2 is 1.90 bits per heavy atom. The average Bonchev–Trinajstić information content (AvgIpc) is 3.11. The molecule has 1 saturated heterocycles. The number of nitrogens with zero attached hydrogens (tertiary/aromatic N) is 1. The Morgan fingerprint density at radius 1 is 1.20 bits per heavy atom. The van der Waals surface area contributed by atoms with Crippen molar-refractivity contribution in [3.63, 3.8) is 0 Å². The zero-order chi connectivity index (χ0) is 14.3. The first kappa shape index (κ1) is 13.3. The maximum atomic E-state index is 12.2. The highest BCUT2D eigenvalue weighted by Gasteiger charge is 2.45. The molecule has 0 bridgehead atoms. The summed E-state index contributed by atoms with van der Waals surface area (Å²) < 4.78 is 0. The van der Waals surface area contributed by atoms with E-state index in [0.29, 0.717) is 18.4 Å². The normalized spacial score (nSPS) is 29.4. The van der Waals surface area contributed by atoms with Gasteiger partial charge in [-0.25, -0.2) is 0 Å². The summed E-state index contributed by atoms with van der Waals surface area (Å²) in [5, 5.41) is 3.35. The van der Waals surface area contributed by atoms with Gasteiger partial charge in [0.1, 0.15) is 0 Å². The monoisotopic (exact) mass is 272 g/mol. The summed E-state index contributed by atoms with van der Waals surface area (Å²) in [6.07, 6.45) is 1.35. The molecule has 3 rings (SSSR count). The van der Waals surface area contributed by atoms with E-state index in [4.69, 9.17) is 0 Å². The Morgan fingerprint density at radius 3 is 2.50 bits per heavy atom. The summed E-state index contributed by atoms with van der Waals surface area (Å²) in [4.78, 5) is 25.4. The minimum Gasteiger partial charge on any atom is -0.302 e. The van der Waals surface area contributed by atoms with Gasteiger partial charge in [0, 0.05) is 18.0 Å². The van der Waals surface area contributed by atoms with Gasteiger partial charge in [-0.3, -0.25) is 14.5 Å². The first-order chi connectivity index (χ1) is 9.58. The van der Waals surface area contributed by atoms with Crippen molar-refractivity contribution >= 4 is 11.8 Å². The van der Waals surface area contributed by atoms with Crippen LogP contribution in [0, 0.1) is 0 Å². The Balaban J connectivity index is 1.61. The summed E-state index contributed by atoms with van der Waals surface area (Å²) >= 11 is 0. The van der Waals surface area contributed by atoms with Crippen molar-refractivity contribution in [2.45, 2.75) is 50.7 Å². The second kappa shape index (κ2) is 5.02. The molecule has 2 fully saturated rings. The maximum Gasteiger partial charge on any atom is 0.247 e. The molecule has 0 radical (unpaired) electrons. The third kappa shape index (κ3) is 2.36. The second-order valence-corrected chi connectivity index (χ2v) is 5.98. The lowest BCUT2D eigenvalue weighted by atomic mass is 10.1. The van der Waals surface area contributed by atoms with Crippen LogP contribution in [0.3, 0.4) is 0 Å². The Labute approximate surface area is 119 Å². The SMILES string of the molecule is CC(C)N1C(=O)CC(NC2CC2c2ccccc2)C1=O. The fourth-order valence-electron chi connectivity index (χ4n) is 3.03. The number of benzene rings is 1. The van der Waals surface area contributed by atoms with Crippen molar-refractivity contribution in [3.8, 4) is 0 Å². The number of hydrogen-bond donors (Lipinski definition) is 1. The van der Waals surface area contributed by atoms with Crippen LogP contribution < -0.4 is 5.32 Å². The maximum absolute atomic E-state index is 12.2. The Kier molecular flexibility index (Phi) is 3.34. The molecule has 1 aliphatic heterocycles. The second-order valence-electron chi connectivity index (χ2n) is 5.98. The first-order valence-electron chi connectivity index (χ1n) is 7.25. The van der Waals surface area contributed by atoms with Crippen molar-refractivity contribution in [1.29, 1.82) is 0 Å². The van der Waals surface area contributed by atoms with E-state index in [0.717, 1.165) is 6.42 Å². The molecule has 20 heavy (non-hydrogen) atoms. The quantitative estimate of drug-likeness (QED) is 0.848. The smallest absolute Gasteiger partial charge is 0.247 e. The summed E-state index contributed by atoms with van der Waals surface area (Å²) in [6.45, 7) is 3.75. The van der Waals surface area contributed by atoms with Crippen LogP contribution in [0.1, 0.15) is 38.2 Å². The lowest BCUT2D eigenvalue weighted by Gasteiger charge is -2.19. The van der Waals surface area contributed by atoms with Crippen LogP contribution in [-0.4, -0.2) is 34.8 Å². The molecule has 3 unspecified atom stereocenters. The van der Waals surface area contributed by atoms with Crippen LogP contribution in [0.25, 0.3) is 0 Å². The number of rotatable bonds is 4. The van der Waals surface area contributed by atoms with Crippen LogP contribution in [0.2, 0.25) is 0 Å². The molecule has 3 atom stereocenters. The summed E-state index contributed by atoms with van der Waals surface area (Å²) in [7, 11) is 0. The molecule has 1 N–H and O–H groups in total. The first-order valence-corrected chi connectivity index (χ1v) is 7.25. The number of likely N-dealkylation sites (tertiary alicyclic amines) is 1. The molecule has 2 aliphatic rings. The van der Waals surface area contributed by atoms with Gasteiger partial charge in [-0.05, 0) is 25.8 Å². The Hall–Kier alpha value is -1.68. The van der Waals surface area contributed by atoms with E-state index in [1.54, 1.807) is 0 Å². The van der Waals surface area contributed by atoms with E-state index >= 15 is 0 Å². The van der Waals surface area contributed by atoms with Gasteiger partial charge in [-0.2, -0.15) is 0 Å². The van der Waals surface area contributed by atoms with Crippen LogP contribution in [0.5, 0.6) is 0 Å². The van der Waals surface area contributed by atoms with Gasteiger partial charge in [0.15, 0.2) is 0 Å². The van der Waals surface area contributed by atoms with E-state index in [2.05, 4.69) is 17.4 Å². The average molecular weight is 272 g/mol. The van der Waals surface area contributed by atoms with Gasteiger partial charge >= 0.3 is 0 Å². The molecule has 1 aromatic rings. The van der Waals surface area contributed by atoms with Crippen LogP contribution in [0.15, 0.2) is 30.3 Å². The van der Waals surface area contributed by atoms with E-state index in [1.165, 1.54) is 10.5 Å². The molecular weight excluding hydrogens is 252 g/mol. The van der Waals surface area contributed by atoms with Crippen molar-refractivity contribution in [3.05, 3.63) is 35.9 Å². The Bertz CT molecular complexity index is 527. The molecule has 1 aromatic carbocycles. The molecule has 0 aromatic heterocycles. The number of amides is 2. The third-order valence-corrected chi connectivity index (χ3v) is 4.13. The minimum absolute atomic E-state index is 0.0501. The molecule has 4 heteroatoms. The van der Waals surface area contributed by atoms with Crippen molar-refractivity contribution in [2.75, 3.05) is 0 Å². The van der Waals surface area contributed by atoms with Gasteiger partial charge in [-0.15, -0.1) is 0 Å². The molecule has 0 spiro atoms. The predicted octanol–water partition coefficient (Wildman–Crippen LogP) is 1.67. The summed E-state index contributed by atoms with van der Waals surface area (Å²) in [5.74, 6) is 0.357. The summed E-state index contributed by atoms with van der Waals surface area (Å²) in [6, 6.07) is 10.3. The van der Waals surface area contributed by atoms with Gasteiger partial charge in [0.05, 0.1) is 12.5 Å². The molecule has 4 nitrogen and oxygen atoms in total. The van der Waals surface area contributed by atoms with Gasteiger partial charge in [0.25, 0.3) is 0 Å². The number of carbonyl (C=O) groups excluding carboxylic acids is 2. The molecule has 2 amide bonds. The van der Waals surface area contributed by atoms with Gasteiger partial charge < -0.3 is 5.32 Å². The number of imide groups is 1. The van der Waals surface area contributed by atoms with Gasteiger partial charge in [-0.1, -0.05) is 30.3 Å². The van der Waals surface area contributed by atoms with Crippen molar-refractivity contribution < 1.29 is 9.59 Å². The largest absolute Gasteiger partial charge is 0.302 e. The predicted molar refractivity (Wildman–Crippen MR) is 76.1 cm³/mol. The van der Waals surface area contributed by atoms with E-state index in [-0.39, 0.29) is 23.9 Å². The fraction of sp³-hybridized carbons (Fsp3) is 0.500. The highest BCUT2D eigenvalue weighted by atomic mass is 16.2. The topological polar surface area (TPSA) is 49.4 Å². The van der Waals surface area contributed by atoms with E-state index in [9.17, 15) is 9.59 Å². The van der Waals surface area contributed by atoms with E-state index in [1.807, 2.05) is 32.0 Å². The van der Waals surface area contributed by atoms with Gasteiger partial charge in [0.2, 0.25) is 11.8 Å². The lowest BCUT2D eigenvalue weighted by molar-refractivity contribution is -0.140. The number of carbonyl (C=O) groups is 2. The molecule has 1 aliphatic carbocycles. The highest BCUT2D eigenvalue weighted by molar-refractivity contribution is 6.05. The van der Waals surface area contributed by atoms with Crippen LogP contribution >= 0.6 is 0 Å². The van der Waals surface area contributed by atoms with E-state index < -0.39 is 0 Å². The van der Waals surface area contributed by atoms with Crippen LogP contribution in [-0.2, 0) is 9.59 Å².